The van der Waals surface area contributed by atoms with Crippen molar-refractivity contribution in [2.45, 2.75) is 15.2 Å². The Morgan fingerprint density at radius 1 is 0.424 bits per heavy atom. The van der Waals surface area contributed by atoms with Crippen LogP contribution in [0.4, 0.5) is 0 Å². The van der Waals surface area contributed by atoms with Crippen molar-refractivity contribution in [1.29, 1.82) is 0 Å². The fourth-order valence-electron chi connectivity index (χ4n) is 9.90. The fraction of sp³-hybridized carbons (Fsp3) is 0.0185. The summed E-state index contributed by atoms with van der Waals surface area (Å²) in [6.45, 7) is 0. The van der Waals surface area contributed by atoms with E-state index in [0.717, 1.165) is 65.8 Å². The number of hydrogen-bond donors (Lipinski definition) is 0. The molecule has 0 fully saturated rings. The summed E-state index contributed by atoms with van der Waals surface area (Å²) in [5.74, 6) is 0.721. The predicted molar refractivity (Wildman–Crippen MR) is 245 cm³/mol. The molecule has 1 aliphatic heterocycles. The molecule has 0 N–H and O–H groups in total. The summed E-state index contributed by atoms with van der Waals surface area (Å²) < 4.78 is 2.28. The lowest BCUT2D eigenvalue weighted by Crippen LogP contribution is -2.31. The van der Waals surface area contributed by atoms with E-state index in [2.05, 4.69) is 182 Å². The first-order valence-corrected chi connectivity index (χ1v) is 21.6. The van der Waals surface area contributed by atoms with E-state index >= 15 is 0 Å². The number of pyridine rings is 1. The lowest BCUT2D eigenvalue weighted by Gasteiger charge is -2.39. The maximum Gasteiger partial charge on any atom is 0.160 e. The molecule has 274 valence electrons. The SMILES string of the molecule is c1ccc(-c2nc(-c3ccc4c(c3)nc(-c3ccccc3)c3ccc5c(c34)-c3ccccc3C53c4ccccc4Sc4ccccc43)c3sc4ccccc4c3n2)cc1. The molecule has 0 unspecified atom stereocenters. The van der Waals surface area contributed by atoms with E-state index in [9.17, 15) is 0 Å². The van der Waals surface area contributed by atoms with E-state index in [1.807, 2.05) is 17.8 Å². The number of hydrogen-bond acceptors (Lipinski definition) is 5. The van der Waals surface area contributed by atoms with Crippen LogP contribution >= 0.6 is 23.1 Å². The van der Waals surface area contributed by atoms with Crippen LogP contribution in [0.5, 0.6) is 0 Å². The molecule has 5 heteroatoms. The first-order valence-electron chi connectivity index (χ1n) is 19.9. The van der Waals surface area contributed by atoms with E-state index < -0.39 is 5.41 Å². The van der Waals surface area contributed by atoms with Gasteiger partial charge in [0.05, 0.1) is 32.5 Å². The third-order valence-corrected chi connectivity index (χ3v) is 14.7. The second-order valence-electron chi connectivity index (χ2n) is 15.4. The Balaban J connectivity index is 1.15. The highest BCUT2D eigenvalue weighted by atomic mass is 32.2. The summed E-state index contributed by atoms with van der Waals surface area (Å²) in [6, 6.07) is 68.2. The summed E-state index contributed by atoms with van der Waals surface area (Å²) in [5, 5.41) is 4.66. The maximum atomic E-state index is 5.58. The largest absolute Gasteiger partial charge is 0.247 e. The van der Waals surface area contributed by atoms with Gasteiger partial charge in [-0.3, -0.25) is 0 Å². The third-order valence-electron chi connectivity index (χ3n) is 12.3. The zero-order chi connectivity index (χ0) is 38.7. The lowest BCUT2D eigenvalue weighted by molar-refractivity contribution is 0.723. The second-order valence-corrected chi connectivity index (χ2v) is 17.5. The lowest BCUT2D eigenvalue weighted by atomic mass is 9.67. The Kier molecular flexibility index (Phi) is 7.03. The van der Waals surface area contributed by atoms with Gasteiger partial charge in [-0.05, 0) is 57.6 Å². The van der Waals surface area contributed by atoms with Gasteiger partial charge in [-0.25, -0.2) is 15.0 Å². The number of fused-ring (bicyclic) bond motifs is 16. The van der Waals surface area contributed by atoms with E-state index in [1.54, 1.807) is 11.3 Å². The number of aromatic nitrogens is 3. The van der Waals surface area contributed by atoms with Crippen LogP contribution in [0.3, 0.4) is 0 Å². The van der Waals surface area contributed by atoms with Crippen LogP contribution in [0, 0.1) is 0 Å². The Hall–Kier alpha value is -6.92. The molecule has 0 radical (unpaired) electrons. The van der Waals surface area contributed by atoms with Gasteiger partial charge in [-0.15, -0.1) is 11.3 Å². The normalized spacial score (nSPS) is 13.5. The molecule has 3 aromatic heterocycles. The Morgan fingerprint density at radius 2 is 1.07 bits per heavy atom. The molecule has 0 saturated carbocycles. The standard InChI is InChI=1S/C54H31N3S2/c1-3-15-32(16-4-1)49-38-29-30-42-48(35-19-7-9-21-39(35)54(42)40-22-10-13-25-45(40)58-46-26-14-11-23-41(46)54)47(38)36-28-27-34(31-43(36)55-49)50-52-51(37-20-8-12-24-44(37)59-52)57-53(56-50)33-17-5-2-6-18-33/h1-31H. The van der Waals surface area contributed by atoms with Gasteiger partial charge in [0.25, 0.3) is 0 Å². The quantitative estimate of drug-likeness (QED) is 0.167. The smallest absolute Gasteiger partial charge is 0.160 e. The molecule has 59 heavy (non-hydrogen) atoms. The summed E-state index contributed by atoms with van der Waals surface area (Å²) >= 11 is 3.64. The number of benzene rings is 8. The van der Waals surface area contributed by atoms with E-state index in [-0.39, 0.29) is 0 Å². The van der Waals surface area contributed by atoms with Gasteiger partial charge in [-0.2, -0.15) is 0 Å². The van der Waals surface area contributed by atoms with Gasteiger partial charge in [0.1, 0.15) is 0 Å². The molecule has 4 heterocycles. The molecule has 2 aliphatic rings. The maximum absolute atomic E-state index is 5.58. The average Bonchev–Trinajstić information content (AvgIpc) is 3.83. The van der Waals surface area contributed by atoms with Gasteiger partial charge >= 0.3 is 0 Å². The van der Waals surface area contributed by atoms with Gasteiger partial charge < -0.3 is 0 Å². The molecule has 0 atom stereocenters. The Morgan fingerprint density at radius 3 is 1.85 bits per heavy atom. The minimum atomic E-state index is -0.470. The van der Waals surface area contributed by atoms with Crippen molar-refractivity contribution in [2.75, 3.05) is 0 Å². The van der Waals surface area contributed by atoms with Crippen LogP contribution in [0.25, 0.3) is 87.0 Å². The first-order chi connectivity index (χ1) is 29.3. The van der Waals surface area contributed by atoms with Crippen molar-refractivity contribution in [3.05, 3.63) is 210 Å². The number of nitrogens with zero attached hydrogens (tertiary/aromatic N) is 3. The second kappa shape index (κ2) is 12.5. The minimum absolute atomic E-state index is 0.470. The molecule has 11 aromatic rings. The predicted octanol–water partition coefficient (Wildman–Crippen LogP) is 14.4. The van der Waals surface area contributed by atoms with Gasteiger partial charge in [0.2, 0.25) is 0 Å². The first kappa shape index (κ1) is 33.1. The molecule has 3 nitrogen and oxygen atoms in total. The Bertz CT molecular complexity index is 3490. The topological polar surface area (TPSA) is 38.7 Å². The summed E-state index contributed by atoms with van der Waals surface area (Å²) in [6.07, 6.45) is 0. The van der Waals surface area contributed by atoms with Crippen LogP contribution in [-0.4, -0.2) is 15.0 Å². The van der Waals surface area contributed by atoms with E-state index in [1.165, 1.54) is 53.3 Å². The van der Waals surface area contributed by atoms with Gasteiger partial charge in [-0.1, -0.05) is 176 Å². The highest BCUT2D eigenvalue weighted by Crippen LogP contribution is 2.63. The van der Waals surface area contributed by atoms with Crippen LogP contribution in [-0.2, 0) is 5.41 Å². The third kappa shape index (κ3) is 4.63. The molecule has 1 aliphatic carbocycles. The zero-order valence-electron chi connectivity index (χ0n) is 31.6. The van der Waals surface area contributed by atoms with Crippen molar-refractivity contribution in [3.8, 4) is 45.0 Å². The molecule has 0 amide bonds. The summed E-state index contributed by atoms with van der Waals surface area (Å²) in [5.41, 5.74) is 14.3. The molecule has 1 spiro atoms. The van der Waals surface area contributed by atoms with Crippen LogP contribution < -0.4 is 0 Å². The molecular formula is C54H31N3S2. The fourth-order valence-corrected chi connectivity index (χ4v) is 12.2. The van der Waals surface area contributed by atoms with Crippen molar-refractivity contribution in [2.24, 2.45) is 0 Å². The van der Waals surface area contributed by atoms with Gasteiger partial charge in [0, 0.05) is 52.7 Å². The molecule has 0 saturated heterocycles. The number of thiophene rings is 1. The monoisotopic (exact) mass is 785 g/mol. The summed E-state index contributed by atoms with van der Waals surface area (Å²) in [4.78, 5) is 18.7. The molecule has 0 bridgehead atoms. The number of rotatable bonds is 3. The Labute approximate surface area is 348 Å². The minimum Gasteiger partial charge on any atom is -0.247 e. The van der Waals surface area contributed by atoms with Crippen LogP contribution in [0.2, 0.25) is 0 Å². The summed E-state index contributed by atoms with van der Waals surface area (Å²) in [7, 11) is 0. The van der Waals surface area contributed by atoms with Crippen LogP contribution in [0.1, 0.15) is 22.3 Å². The highest BCUT2D eigenvalue weighted by molar-refractivity contribution is 7.99. The van der Waals surface area contributed by atoms with Crippen LogP contribution in [0.15, 0.2) is 198 Å². The molecule has 13 rings (SSSR count). The molecule has 8 aromatic carbocycles. The van der Waals surface area contributed by atoms with Crippen molar-refractivity contribution < 1.29 is 0 Å². The average molecular weight is 786 g/mol. The van der Waals surface area contributed by atoms with Gasteiger partial charge in [0.15, 0.2) is 5.82 Å². The van der Waals surface area contributed by atoms with E-state index in [4.69, 9.17) is 15.0 Å². The van der Waals surface area contributed by atoms with E-state index in [0.29, 0.717) is 0 Å². The zero-order valence-corrected chi connectivity index (χ0v) is 33.2. The highest BCUT2D eigenvalue weighted by Gasteiger charge is 2.50. The van der Waals surface area contributed by atoms with Crippen molar-refractivity contribution in [3.63, 3.8) is 0 Å². The molecular weight excluding hydrogens is 755 g/mol. The van der Waals surface area contributed by atoms with Crippen molar-refractivity contribution in [1.82, 2.24) is 15.0 Å². The van der Waals surface area contributed by atoms with Crippen molar-refractivity contribution >= 4 is 65.1 Å².